The first kappa shape index (κ1) is 18.9. The fourth-order valence-corrected chi connectivity index (χ4v) is 3.04. The highest BCUT2D eigenvalue weighted by molar-refractivity contribution is 6.25. The zero-order valence-corrected chi connectivity index (χ0v) is 15.0. The van der Waals surface area contributed by atoms with Gasteiger partial charge in [0, 0.05) is 6.42 Å². The average Bonchev–Trinajstić information content (AvgIpc) is 2.62. The van der Waals surface area contributed by atoms with Gasteiger partial charge in [-0.3, -0.25) is 14.4 Å². The maximum atomic E-state index is 12.6. The van der Waals surface area contributed by atoms with Gasteiger partial charge in [0.1, 0.15) is 11.5 Å². The summed E-state index contributed by atoms with van der Waals surface area (Å²) < 4.78 is 10.6. The maximum Gasteiger partial charge on any atom is 0.190 e. The van der Waals surface area contributed by atoms with Crippen molar-refractivity contribution >= 4 is 17.3 Å². The maximum absolute atomic E-state index is 12.6. The minimum Gasteiger partial charge on any atom is -0.496 e. The molecule has 5 nitrogen and oxygen atoms in total. The van der Waals surface area contributed by atoms with Gasteiger partial charge in [-0.1, -0.05) is 32.6 Å². The molecule has 0 heterocycles. The number of ketones is 3. The van der Waals surface area contributed by atoms with Crippen molar-refractivity contribution < 1.29 is 23.9 Å². The van der Waals surface area contributed by atoms with Gasteiger partial charge in [0.15, 0.2) is 17.3 Å². The molecule has 0 N–H and O–H groups in total. The Balaban J connectivity index is 2.36. The Kier molecular flexibility index (Phi) is 6.51. The van der Waals surface area contributed by atoms with Crippen molar-refractivity contribution in [2.45, 2.75) is 45.4 Å². The summed E-state index contributed by atoms with van der Waals surface area (Å²) in [4.78, 5) is 37.1. The Hall–Kier alpha value is -2.43. The highest BCUT2D eigenvalue weighted by Crippen LogP contribution is 2.38. The van der Waals surface area contributed by atoms with Crippen molar-refractivity contribution in [2.75, 3.05) is 14.2 Å². The molecule has 5 heteroatoms. The number of unbranched alkanes of at least 4 members (excludes halogenated alkanes) is 4. The topological polar surface area (TPSA) is 69.7 Å². The zero-order valence-electron chi connectivity index (χ0n) is 15.0. The molecule has 1 aromatic rings. The summed E-state index contributed by atoms with van der Waals surface area (Å²) in [5.41, 5.74) is 0.570. The van der Waals surface area contributed by atoms with Crippen molar-refractivity contribution in [2.24, 2.45) is 0 Å². The number of hydrogen-bond acceptors (Lipinski definition) is 5. The van der Waals surface area contributed by atoms with Crippen molar-refractivity contribution in [1.82, 2.24) is 0 Å². The third-order valence-electron chi connectivity index (χ3n) is 4.35. The molecule has 0 atom stereocenters. The summed E-state index contributed by atoms with van der Waals surface area (Å²) >= 11 is 0. The van der Waals surface area contributed by atoms with E-state index in [-0.39, 0.29) is 40.0 Å². The Morgan fingerprint density at radius 2 is 1.56 bits per heavy atom. The Morgan fingerprint density at radius 1 is 0.920 bits per heavy atom. The third-order valence-corrected chi connectivity index (χ3v) is 4.35. The number of methoxy groups -OCH3 is 2. The van der Waals surface area contributed by atoms with Crippen molar-refractivity contribution in [3.63, 3.8) is 0 Å². The second-order valence-electron chi connectivity index (χ2n) is 6.06. The van der Waals surface area contributed by atoms with Crippen LogP contribution in [0.2, 0.25) is 0 Å². The van der Waals surface area contributed by atoms with Crippen LogP contribution in [-0.4, -0.2) is 31.6 Å². The van der Waals surface area contributed by atoms with Crippen molar-refractivity contribution in [3.05, 3.63) is 34.9 Å². The highest BCUT2D eigenvalue weighted by atomic mass is 16.5. The molecule has 0 saturated heterocycles. The Labute approximate surface area is 148 Å². The molecule has 25 heavy (non-hydrogen) atoms. The lowest BCUT2D eigenvalue weighted by Crippen LogP contribution is -2.17. The number of allylic oxidation sites excluding steroid dienone is 2. The number of Topliss-reactive ketones (excluding diaryl/α,β-unsaturated/α-hetero) is 1. The van der Waals surface area contributed by atoms with Gasteiger partial charge in [0.25, 0.3) is 0 Å². The summed E-state index contributed by atoms with van der Waals surface area (Å²) in [6.45, 7) is 2.14. The largest absolute Gasteiger partial charge is 0.496 e. The molecule has 0 spiro atoms. The lowest BCUT2D eigenvalue weighted by Gasteiger charge is -2.19. The van der Waals surface area contributed by atoms with Gasteiger partial charge in [-0.25, -0.2) is 0 Å². The van der Waals surface area contributed by atoms with E-state index in [2.05, 4.69) is 6.92 Å². The molecule has 0 fully saturated rings. The van der Waals surface area contributed by atoms with Crippen LogP contribution in [0.5, 0.6) is 11.5 Å². The molecule has 0 aromatic heterocycles. The van der Waals surface area contributed by atoms with Crippen LogP contribution >= 0.6 is 0 Å². The van der Waals surface area contributed by atoms with Crippen molar-refractivity contribution in [1.29, 1.82) is 0 Å². The molecular formula is C20H24O5. The highest BCUT2D eigenvalue weighted by Gasteiger charge is 2.31. The van der Waals surface area contributed by atoms with Crippen LogP contribution in [0.1, 0.15) is 76.5 Å². The van der Waals surface area contributed by atoms with Crippen LogP contribution in [0.3, 0.4) is 0 Å². The standard InChI is InChI=1S/C20H24O5/c1-4-5-6-7-8-9-14(21)13-12-17(24-2)18-15(22)10-11-16(23)19(18)20(13)25-3/h10-12H,4-9H2,1-3H3. The monoisotopic (exact) mass is 344 g/mol. The Bertz CT molecular complexity index is 715. The molecule has 134 valence electrons. The number of benzene rings is 1. The first-order valence-electron chi connectivity index (χ1n) is 8.64. The van der Waals surface area contributed by atoms with Crippen LogP contribution in [0.15, 0.2) is 18.2 Å². The molecular weight excluding hydrogens is 320 g/mol. The van der Waals surface area contributed by atoms with E-state index < -0.39 is 0 Å². The molecule has 0 radical (unpaired) electrons. The molecule has 2 rings (SSSR count). The summed E-state index contributed by atoms with van der Waals surface area (Å²) in [7, 11) is 2.81. The first-order chi connectivity index (χ1) is 12.0. The second kappa shape index (κ2) is 8.60. The minimum absolute atomic E-state index is 0.107. The zero-order chi connectivity index (χ0) is 18.4. The number of fused-ring (bicyclic) bond motifs is 1. The molecule has 0 saturated carbocycles. The Morgan fingerprint density at radius 3 is 2.16 bits per heavy atom. The van der Waals surface area contributed by atoms with E-state index in [9.17, 15) is 14.4 Å². The molecule has 0 unspecified atom stereocenters. The van der Waals surface area contributed by atoms with E-state index in [1.54, 1.807) is 0 Å². The van der Waals surface area contributed by atoms with E-state index in [1.807, 2.05) is 0 Å². The fraction of sp³-hybridized carbons (Fsp3) is 0.450. The normalized spacial score (nSPS) is 12.9. The number of ether oxygens (including phenoxy) is 2. The quantitative estimate of drug-likeness (QED) is 0.496. The number of rotatable bonds is 9. The van der Waals surface area contributed by atoms with Crippen LogP contribution in [-0.2, 0) is 0 Å². The van der Waals surface area contributed by atoms with Crippen LogP contribution < -0.4 is 9.47 Å². The van der Waals surface area contributed by atoms with Gasteiger partial charge in [-0.05, 0) is 24.6 Å². The molecule has 0 aliphatic heterocycles. The predicted octanol–water partition coefficient (Wildman–Crippen LogP) is 4.18. The second-order valence-corrected chi connectivity index (χ2v) is 6.06. The smallest absolute Gasteiger partial charge is 0.190 e. The van der Waals surface area contributed by atoms with Gasteiger partial charge >= 0.3 is 0 Å². The van der Waals surface area contributed by atoms with Gasteiger partial charge in [0.05, 0.1) is 30.9 Å². The lowest BCUT2D eigenvalue weighted by molar-refractivity contribution is 0.0969. The minimum atomic E-state index is -0.359. The SMILES string of the molecule is CCCCCCCC(=O)c1cc(OC)c2c(c1OC)C(=O)C=CC2=O. The molecule has 0 amide bonds. The first-order valence-corrected chi connectivity index (χ1v) is 8.64. The fourth-order valence-electron chi connectivity index (χ4n) is 3.04. The third kappa shape index (κ3) is 3.98. The predicted molar refractivity (Wildman–Crippen MR) is 95.1 cm³/mol. The van der Waals surface area contributed by atoms with E-state index in [0.717, 1.165) is 32.1 Å². The lowest BCUT2D eigenvalue weighted by atomic mass is 9.89. The van der Waals surface area contributed by atoms with Gasteiger partial charge in [0.2, 0.25) is 0 Å². The van der Waals surface area contributed by atoms with Crippen LogP contribution in [0, 0.1) is 0 Å². The van der Waals surface area contributed by atoms with Crippen LogP contribution in [0.25, 0.3) is 0 Å². The van der Waals surface area contributed by atoms with Gasteiger partial charge in [-0.2, -0.15) is 0 Å². The molecule has 1 aliphatic rings. The number of hydrogen-bond donors (Lipinski definition) is 0. The summed E-state index contributed by atoms with van der Waals surface area (Å²) in [5, 5.41) is 0. The van der Waals surface area contributed by atoms with Crippen LogP contribution in [0.4, 0.5) is 0 Å². The van der Waals surface area contributed by atoms with E-state index in [4.69, 9.17) is 9.47 Å². The number of carbonyl (C=O) groups excluding carboxylic acids is 3. The molecule has 1 aliphatic carbocycles. The van der Waals surface area contributed by atoms with Crippen molar-refractivity contribution in [3.8, 4) is 11.5 Å². The number of carbonyl (C=O) groups is 3. The molecule has 1 aromatic carbocycles. The summed E-state index contributed by atoms with van der Waals surface area (Å²) in [5.74, 6) is -0.403. The summed E-state index contributed by atoms with van der Waals surface area (Å²) in [6.07, 6.45) is 7.97. The van der Waals surface area contributed by atoms with Gasteiger partial charge in [-0.15, -0.1) is 0 Å². The average molecular weight is 344 g/mol. The van der Waals surface area contributed by atoms with Gasteiger partial charge < -0.3 is 9.47 Å². The summed E-state index contributed by atoms with van der Waals surface area (Å²) in [6, 6.07) is 1.51. The van der Waals surface area contributed by atoms with E-state index in [0.29, 0.717) is 12.0 Å². The van der Waals surface area contributed by atoms with E-state index >= 15 is 0 Å². The molecule has 0 bridgehead atoms. The van der Waals surface area contributed by atoms with E-state index in [1.165, 1.54) is 32.4 Å².